The van der Waals surface area contributed by atoms with Crippen molar-refractivity contribution in [2.75, 3.05) is 24.5 Å². The van der Waals surface area contributed by atoms with Gasteiger partial charge in [0.15, 0.2) is 11.6 Å². The van der Waals surface area contributed by atoms with Crippen molar-refractivity contribution in [1.82, 2.24) is 10.6 Å². The average Bonchev–Trinajstić information content (AvgIpc) is 3.09. The summed E-state index contributed by atoms with van der Waals surface area (Å²) in [7, 11) is 0. The first-order chi connectivity index (χ1) is 12.5. The lowest BCUT2D eigenvalue weighted by molar-refractivity contribution is 0.239. The lowest BCUT2D eigenvalue weighted by Crippen LogP contribution is -2.38. The smallest absolute Gasteiger partial charge is 0.315 e. The first-order valence-corrected chi connectivity index (χ1v) is 9.26. The maximum atomic E-state index is 13.4. The fraction of sp³-hybridized carbons (Fsp3) is 0.316. The molecular formula is C19H20BrF2N3O. The molecule has 7 heteroatoms. The summed E-state index contributed by atoms with van der Waals surface area (Å²) in [4.78, 5) is 14.0. The molecule has 1 unspecified atom stereocenters. The van der Waals surface area contributed by atoms with Crippen molar-refractivity contribution in [1.29, 1.82) is 0 Å². The van der Waals surface area contributed by atoms with Gasteiger partial charge in [-0.15, -0.1) is 0 Å². The van der Waals surface area contributed by atoms with Crippen LogP contribution in [0.2, 0.25) is 0 Å². The Morgan fingerprint density at radius 2 is 2.00 bits per heavy atom. The molecule has 1 saturated heterocycles. The molecule has 2 aromatic rings. The number of rotatable bonds is 5. The maximum absolute atomic E-state index is 13.4. The molecule has 0 aliphatic carbocycles. The van der Waals surface area contributed by atoms with E-state index in [1.54, 1.807) is 6.07 Å². The number of nitrogens with one attached hydrogen (secondary N) is 2. The van der Waals surface area contributed by atoms with Crippen LogP contribution in [0.4, 0.5) is 19.3 Å². The molecule has 0 aromatic heterocycles. The summed E-state index contributed by atoms with van der Waals surface area (Å²) in [6, 6.07) is 11.5. The highest BCUT2D eigenvalue weighted by atomic mass is 79.9. The molecule has 3 rings (SSSR count). The SMILES string of the molecule is O=C(NCc1cccc(Br)c1)NCC1CCN(c2ccc(F)c(F)c2)C1. The standard InChI is InChI=1S/C19H20BrF2N3O/c20-15-3-1-2-13(8-15)10-23-19(26)24-11-14-6-7-25(12-14)16-4-5-17(21)18(22)9-16/h1-5,8-9,14H,6-7,10-12H2,(H2,23,24,26). The molecule has 2 amide bonds. The van der Waals surface area contributed by atoms with Gasteiger partial charge in [-0.3, -0.25) is 0 Å². The molecule has 1 atom stereocenters. The van der Waals surface area contributed by atoms with Crippen LogP contribution in [0.3, 0.4) is 0 Å². The molecule has 0 spiro atoms. The maximum Gasteiger partial charge on any atom is 0.315 e. The van der Waals surface area contributed by atoms with Gasteiger partial charge < -0.3 is 15.5 Å². The minimum atomic E-state index is -0.840. The van der Waals surface area contributed by atoms with Gasteiger partial charge >= 0.3 is 6.03 Å². The Balaban J connectivity index is 1.42. The van der Waals surface area contributed by atoms with Crippen LogP contribution in [-0.2, 0) is 6.54 Å². The van der Waals surface area contributed by atoms with Crippen LogP contribution in [0.5, 0.6) is 0 Å². The number of nitrogens with zero attached hydrogens (tertiary/aromatic N) is 1. The van der Waals surface area contributed by atoms with Crippen LogP contribution in [0, 0.1) is 17.6 Å². The summed E-state index contributed by atoms with van der Waals surface area (Å²) in [6.07, 6.45) is 0.894. The molecule has 0 bridgehead atoms. The Morgan fingerprint density at radius 1 is 1.15 bits per heavy atom. The number of halogens is 3. The van der Waals surface area contributed by atoms with Crippen LogP contribution in [-0.4, -0.2) is 25.7 Å². The number of amides is 2. The van der Waals surface area contributed by atoms with Crippen LogP contribution in [0.25, 0.3) is 0 Å². The monoisotopic (exact) mass is 423 g/mol. The van der Waals surface area contributed by atoms with Gasteiger partial charge in [0, 0.05) is 42.4 Å². The van der Waals surface area contributed by atoms with Crippen molar-refractivity contribution in [2.24, 2.45) is 5.92 Å². The lowest BCUT2D eigenvalue weighted by atomic mass is 10.1. The number of hydrogen-bond acceptors (Lipinski definition) is 2. The van der Waals surface area contributed by atoms with E-state index in [1.807, 2.05) is 29.2 Å². The number of hydrogen-bond donors (Lipinski definition) is 2. The Morgan fingerprint density at radius 3 is 2.77 bits per heavy atom. The predicted octanol–water partition coefficient (Wildman–Crippen LogP) is 4.05. The highest BCUT2D eigenvalue weighted by molar-refractivity contribution is 9.10. The van der Waals surface area contributed by atoms with Crippen molar-refractivity contribution in [3.63, 3.8) is 0 Å². The molecule has 26 heavy (non-hydrogen) atoms. The summed E-state index contributed by atoms with van der Waals surface area (Å²) < 4.78 is 27.4. The van der Waals surface area contributed by atoms with Gasteiger partial charge in [0.1, 0.15) is 0 Å². The second-order valence-corrected chi connectivity index (χ2v) is 7.31. The van der Waals surface area contributed by atoms with E-state index in [1.165, 1.54) is 6.07 Å². The number of urea groups is 1. The van der Waals surface area contributed by atoms with E-state index in [-0.39, 0.29) is 11.9 Å². The van der Waals surface area contributed by atoms with Crippen molar-refractivity contribution >= 4 is 27.6 Å². The largest absolute Gasteiger partial charge is 0.371 e. The molecule has 1 aliphatic heterocycles. The van der Waals surface area contributed by atoms with E-state index in [9.17, 15) is 13.6 Å². The second kappa shape index (κ2) is 8.49. The molecule has 138 valence electrons. The molecule has 1 aliphatic rings. The zero-order chi connectivity index (χ0) is 18.5. The summed E-state index contributed by atoms with van der Waals surface area (Å²) >= 11 is 3.40. The van der Waals surface area contributed by atoms with Crippen LogP contribution < -0.4 is 15.5 Å². The van der Waals surface area contributed by atoms with Gasteiger partial charge in [-0.1, -0.05) is 28.1 Å². The Bertz CT molecular complexity index is 787. The number of carbonyl (C=O) groups is 1. The minimum Gasteiger partial charge on any atom is -0.371 e. The van der Waals surface area contributed by atoms with Crippen LogP contribution in [0.15, 0.2) is 46.9 Å². The molecule has 2 aromatic carbocycles. The normalized spacial score (nSPS) is 16.6. The number of carbonyl (C=O) groups excluding carboxylic acids is 1. The van der Waals surface area contributed by atoms with Crippen LogP contribution >= 0.6 is 15.9 Å². The zero-order valence-corrected chi connectivity index (χ0v) is 15.7. The summed E-state index contributed by atoms with van der Waals surface area (Å²) in [5, 5.41) is 5.71. The van der Waals surface area contributed by atoms with Gasteiger partial charge in [-0.25, -0.2) is 13.6 Å². The quantitative estimate of drug-likeness (QED) is 0.761. The minimum absolute atomic E-state index is 0.212. The Labute approximate surface area is 159 Å². The Hall–Kier alpha value is -2.15. The van der Waals surface area contributed by atoms with Crippen molar-refractivity contribution in [3.8, 4) is 0 Å². The Kier molecular flexibility index (Phi) is 6.08. The molecule has 0 saturated carbocycles. The fourth-order valence-electron chi connectivity index (χ4n) is 3.04. The van der Waals surface area contributed by atoms with E-state index in [0.717, 1.165) is 29.1 Å². The van der Waals surface area contributed by atoms with E-state index < -0.39 is 11.6 Å². The van der Waals surface area contributed by atoms with Crippen molar-refractivity contribution in [3.05, 3.63) is 64.1 Å². The van der Waals surface area contributed by atoms with Crippen molar-refractivity contribution < 1.29 is 13.6 Å². The van der Waals surface area contributed by atoms with Gasteiger partial charge in [0.25, 0.3) is 0 Å². The predicted molar refractivity (Wildman–Crippen MR) is 101 cm³/mol. The topological polar surface area (TPSA) is 44.4 Å². The van der Waals surface area contributed by atoms with E-state index >= 15 is 0 Å². The molecule has 2 N–H and O–H groups in total. The average molecular weight is 424 g/mol. The number of benzene rings is 2. The third-order valence-electron chi connectivity index (χ3n) is 4.45. The zero-order valence-electron chi connectivity index (χ0n) is 14.1. The highest BCUT2D eigenvalue weighted by Crippen LogP contribution is 2.25. The first-order valence-electron chi connectivity index (χ1n) is 8.47. The first kappa shape index (κ1) is 18.6. The van der Waals surface area contributed by atoms with Gasteiger partial charge in [0.2, 0.25) is 0 Å². The fourth-order valence-corrected chi connectivity index (χ4v) is 3.49. The van der Waals surface area contributed by atoms with E-state index in [0.29, 0.717) is 25.3 Å². The summed E-state index contributed by atoms with van der Waals surface area (Å²) in [5.41, 5.74) is 1.69. The third kappa shape index (κ3) is 4.94. The second-order valence-electron chi connectivity index (χ2n) is 6.39. The highest BCUT2D eigenvalue weighted by Gasteiger charge is 2.23. The van der Waals surface area contributed by atoms with E-state index in [2.05, 4.69) is 26.6 Å². The molecule has 0 radical (unpaired) electrons. The molecule has 1 fully saturated rings. The van der Waals surface area contributed by atoms with Crippen molar-refractivity contribution in [2.45, 2.75) is 13.0 Å². The number of anilines is 1. The lowest BCUT2D eigenvalue weighted by Gasteiger charge is -2.19. The molecule has 4 nitrogen and oxygen atoms in total. The van der Waals surface area contributed by atoms with Gasteiger partial charge in [-0.05, 0) is 42.2 Å². The summed E-state index contributed by atoms with van der Waals surface area (Å²) in [6.45, 7) is 2.47. The molecular weight excluding hydrogens is 404 g/mol. The van der Waals surface area contributed by atoms with E-state index in [4.69, 9.17) is 0 Å². The van der Waals surface area contributed by atoms with Gasteiger partial charge in [0.05, 0.1) is 0 Å². The molecule has 1 heterocycles. The summed E-state index contributed by atoms with van der Waals surface area (Å²) in [5.74, 6) is -1.40. The van der Waals surface area contributed by atoms with Gasteiger partial charge in [-0.2, -0.15) is 0 Å². The third-order valence-corrected chi connectivity index (χ3v) is 4.94. The van der Waals surface area contributed by atoms with Crippen LogP contribution in [0.1, 0.15) is 12.0 Å².